The number of hydrogen-bond acceptors (Lipinski definition) is 4. The van der Waals surface area contributed by atoms with Crippen LogP contribution < -0.4 is 36.0 Å². The summed E-state index contributed by atoms with van der Waals surface area (Å²) in [6.45, 7) is 31.4. The molecule has 0 amide bonds. The molecular weight excluding hydrogens is 896 g/mol. The van der Waals surface area contributed by atoms with Gasteiger partial charge in [0.2, 0.25) is 0 Å². The van der Waals surface area contributed by atoms with E-state index in [1.165, 1.54) is 133 Å². The molecule has 4 aliphatic heterocycles. The van der Waals surface area contributed by atoms with Gasteiger partial charge in [0.15, 0.2) is 0 Å². The van der Waals surface area contributed by atoms with Gasteiger partial charge in [-0.3, -0.25) is 0 Å². The molecule has 4 unspecified atom stereocenters. The van der Waals surface area contributed by atoms with Crippen molar-refractivity contribution in [3.8, 4) is 0 Å². The second-order valence-corrected chi connectivity index (χ2v) is 27.3. The first-order valence-corrected chi connectivity index (χ1v) is 28.1. The van der Waals surface area contributed by atoms with Crippen molar-refractivity contribution in [2.75, 3.05) is 19.6 Å². The van der Waals surface area contributed by atoms with Crippen molar-refractivity contribution in [2.45, 2.75) is 173 Å². The van der Waals surface area contributed by atoms with Crippen molar-refractivity contribution in [3.63, 3.8) is 0 Å². The number of nitrogens with zero attached hydrogens (tertiary/aromatic N) is 4. The first-order chi connectivity index (χ1) is 35.1. The maximum Gasteiger partial charge on any atom is 0.252 e. The highest BCUT2D eigenvalue weighted by Crippen LogP contribution is 2.64. The number of hydrogen-bond donors (Lipinski definition) is 0. The van der Waals surface area contributed by atoms with Gasteiger partial charge in [-0.1, -0.05) is 174 Å². The standard InChI is InChI=1S/C69H77BN4/c1-63(2,3)45-28-31-48(32-29-45)71-59-42-50(73-56-26-16-14-24-52(56)66(10)36-18-19-38-68(66,73)12)33-35-55(59)70-54-34-30-47(65(7,8)9)41-58(54)72(49-23-20-22-46(40-49)64(4,5)6)61-44-51(43-60(71)62(61)70)74-57-27-17-15-25-53(57)67(11)37-21-39-69(67,74)13/h14-17,20,22-35,40-44H,18-19,21,36-39H2,1-13H3. The summed E-state index contributed by atoms with van der Waals surface area (Å²) in [4.78, 5) is 10.9. The Bertz CT molecular complexity index is 3440. The topological polar surface area (TPSA) is 13.0 Å². The molecule has 4 nitrogen and oxygen atoms in total. The van der Waals surface area contributed by atoms with Crippen molar-refractivity contribution in [2.24, 2.45) is 0 Å². The predicted octanol–water partition coefficient (Wildman–Crippen LogP) is 16.8. The van der Waals surface area contributed by atoms with Gasteiger partial charge in [0.05, 0.1) is 11.1 Å². The molecule has 0 aromatic heterocycles. The highest BCUT2D eigenvalue weighted by molar-refractivity contribution is 7.00. The lowest BCUT2D eigenvalue weighted by molar-refractivity contribution is 0.195. The average molecular weight is 973 g/mol. The van der Waals surface area contributed by atoms with Crippen LogP contribution >= 0.6 is 0 Å². The van der Waals surface area contributed by atoms with Gasteiger partial charge in [-0.15, -0.1) is 0 Å². The zero-order valence-electron chi connectivity index (χ0n) is 46.7. The minimum absolute atomic E-state index is 0.00568. The summed E-state index contributed by atoms with van der Waals surface area (Å²) >= 11 is 0. The number of fused-ring (bicyclic) bond motifs is 10. The van der Waals surface area contributed by atoms with Crippen molar-refractivity contribution in [1.82, 2.24) is 0 Å². The van der Waals surface area contributed by atoms with E-state index < -0.39 is 0 Å². The van der Waals surface area contributed by atoms with Crippen molar-refractivity contribution in [1.29, 1.82) is 0 Å². The summed E-state index contributed by atoms with van der Waals surface area (Å²) in [5.74, 6) is 0. The predicted molar refractivity (Wildman–Crippen MR) is 318 cm³/mol. The lowest BCUT2D eigenvalue weighted by Gasteiger charge is -2.51. The summed E-state index contributed by atoms with van der Waals surface area (Å²) in [5, 5.41) is 0. The monoisotopic (exact) mass is 973 g/mol. The smallest absolute Gasteiger partial charge is 0.252 e. The minimum atomic E-state index is -0.107. The number of rotatable bonds is 4. The van der Waals surface area contributed by atoms with E-state index in [1.807, 2.05) is 0 Å². The van der Waals surface area contributed by atoms with Gasteiger partial charge >= 0.3 is 0 Å². The molecule has 0 radical (unpaired) electrons. The van der Waals surface area contributed by atoms with Crippen LogP contribution in [-0.4, -0.2) is 17.8 Å². The third-order valence-electron chi connectivity index (χ3n) is 20.2. The molecule has 376 valence electrons. The normalized spacial score (nSPS) is 24.5. The number of anilines is 10. The Morgan fingerprint density at radius 1 is 0.365 bits per heavy atom. The van der Waals surface area contributed by atoms with Crippen LogP contribution in [0, 0.1) is 0 Å². The van der Waals surface area contributed by atoms with Crippen LogP contribution in [0.5, 0.6) is 0 Å². The first kappa shape index (κ1) is 47.5. The molecule has 2 fully saturated rings. The van der Waals surface area contributed by atoms with Crippen LogP contribution in [0.4, 0.5) is 56.9 Å². The van der Waals surface area contributed by atoms with Gasteiger partial charge < -0.3 is 19.6 Å². The molecule has 0 spiro atoms. The second kappa shape index (κ2) is 15.7. The van der Waals surface area contributed by atoms with Crippen LogP contribution in [0.1, 0.15) is 163 Å². The quantitative estimate of drug-likeness (QED) is 0.163. The zero-order chi connectivity index (χ0) is 51.7. The molecule has 4 atom stereocenters. The van der Waals surface area contributed by atoms with Crippen molar-refractivity contribution in [3.05, 3.63) is 173 Å². The van der Waals surface area contributed by atoms with Crippen molar-refractivity contribution >= 4 is 80.0 Å². The average Bonchev–Trinajstić information content (AvgIpc) is 3.86. The van der Waals surface area contributed by atoms with Crippen molar-refractivity contribution < 1.29 is 0 Å². The van der Waals surface area contributed by atoms with E-state index in [0.29, 0.717) is 0 Å². The van der Waals surface area contributed by atoms with Crippen LogP contribution in [0.2, 0.25) is 0 Å². The van der Waals surface area contributed by atoms with E-state index in [2.05, 4.69) is 255 Å². The fraction of sp³-hybridized carbons (Fsp3) is 0.391. The third kappa shape index (κ3) is 6.46. The van der Waals surface area contributed by atoms with Gasteiger partial charge in [-0.2, -0.15) is 0 Å². The molecular formula is C69H77BN4. The Hall–Kier alpha value is -6.20. The Morgan fingerprint density at radius 3 is 1.43 bits per heavy atom. The van der Waals surface area contributed by atoms with Gasteiger partial charge in [0.1, 0.15) is 0 Å². The summed E-state index contributed by atoms with van der Waals surface area (Å²) in [7, 11) is 0. The maximum atomic E-state index is 2.80. The summed E-state index contributed by atoms with van der Waals surface area (Å²) in [5.41, 5.74) is 23.7. The van der Waals surface area contributed by atoms with Gasteiger partial charge in [-0.05, 0) is 167 Å². The number of para-hydroxylation sites is 2. The van der Waals surface area contributed by atoms with E-state index in [9.17, 15) is 0 Å². The molecule has 5 heteroatoms. The molecule has 0 saturated heterocycles. The van der Waals surface area contributed by atoms with Crippen LogP contribution in [0.25, 0.3) is 0 Å². The minimum Gasteiger partial charge on any atom is -0.334 e. The summed E-state index contributed by atoms with van der Waals surface area (Å²) < 4.78 is 0. The SMILES string of the molecule is CC(C)(C)c1ccc(N2c3cc(N4c5ccccc5C5(C)CCCCC45C)ccc3B3c4ccc(C(C)(C)C)cc4N(c4cccc(C(C)(C)C)c4)c4cc(N5c6ccccc6C6(C)CCCC56C)cc2c43)cc1. The van der Waals surface area contributed by atoms with Gasteiger partial charge in [-0.25, -0.2) is 0 Å². The summed E-state index contributed by atoms with van der Waals surface area (Å²) in [6, 6.07) is 58.2. The molecule has 2 saturated carbocycles. The lowest BCUT2D eigenvalue weighted by atomic mass is 9.33. The van der Waals surface area contributed by atoms with E-state index >= 15 is 0 Å². The molecule has 0 N–H and O–H groups in total. The Morgan fingerprint density at radius 2 is 0.824 bits per heavy atom. The van der Waals surface area contributed by atoms with Crippen LogP contribution in [-0.2, 0) is 27.1 Å². The Balaban J connectivity index is 1.14. The number of benzene rings is 7. The molecule has 7 aromatic rings. The molecule has 13 rings (SSSR count). The first-order valence-electron chi connectivity index (χ1n) is 28.1. The lowest BCUT2D eigenvalue weighted by Crippen LogP contribution is -2.61. The van der Waals surface area contributed by atoms with Gasteiger partial charge in [0, 0.05) is 67.7 Å². The highest BCUT2D eigenvalue weighted by atomic mass is 15.3. The molecule has 4 heterocycles. The second-order valence-electron chi connectivity index (χ2n) is 27.3. The van der Waals surface area contributed by atoms with E-state index in [4.69, 9.17) is 0 Å². The zero-order valence-corrected chi connectivity index (χ0v) is 46.7. The maximum absolute atomic E-state index is 2.80. The molecule has 74 heavy (non-hydrogen) atoms. The van der Waals surface area contributed by atoms with Gasteiger partial charge in [0.25, 0.3) is 6.71 Å². The largest absolute Gasteiger partial charge is 0.334 e. The van der Waals surface area contributed by atoms with Crippen LogP contribution in [0.3, 0.4) is 0 Å². The van der Waals surface area contributed by atoms with E-state index in [1.54, 1.807) is 0 Å². The third-order valence-corrected chi connectivity index (χ3v) is 20.2. The molecule has 0 bridgehead atoms. The Kier molecular flexibility index (Phi) is 10.1. The molecule has 2 aliphatic carbocycles. The molecule has 6 aliphatic rings. The van der Waals surface area contributed by atoms with Crippen LogP contribution in [0.15, 0.2) is 146 Å². The van der Waals surface area contributed by atoms with E-state index in [-0.39, 0.29) is 44.9 Å². The molecule has 7 aromatic carbocycles. The fourth-order valence-electron chi connectivity index (χ4n) is 15.5. The summed E-state index contributed by atoms with van der Waals surface area (Å²) in [6.07, 6.45) is 8.42. The Labute approximate surface area is 443 Å². The highest BCUT2D eigenvalue weighted by Gasteiger charge is 2.60. The fourth-order valence-corrected chi connectivity index (χ4v) is 15.5. The van der Waals surface area contributed by atoms with E-state index in [0.717, 1.165) is 12.8 Å².